The van der Waals surface area contributed by atoms with Gasteiger partial charge in [-0.25, -0.2) is 0 Å². The number of nitrogens with zero attached hydrogens (tertiary/aromatic N) is 2. The van der Waals surface area contributed by atoms with Gasteiger partial charge in [0.1, 0.15) is 0 Å². The van der Waals surface area contributed by atoms with Crippen molar-refractivity contribution in [2.45, 2.75) is 33.2 Å². The van der Waals surface area contributed by atoms with Crippen LogP contribution in [0.5, 0.6) is 0 Å². The lowest BCUT2D eigenvalue weighted by molar-refractivity contribution is -0.384. The van der Waals surface area contributed by atoms with E-state index >= 15 is 0 Å². The number of non-ortho nitro benzene ring substituents is 1. The maximum atomic E-state index is 12.2. The summed E-state index contributed by atoms with van der Waals surface area (Å²) in [6.07, 6.45) is 0. The molecule has 2 amide bonds. The van der Waals surface area contributed by atoms with Crippen LogP contribution in [0.2, 0.25) is 5.02 Å². The van der Waals surface area contributed by atoms with Crippen molar-refractivity contribution in [3.8, 4) is 0 Å². The molecule has 0 unspecified atom stereocenters. The molecule has 0 atom stereocenters. The van der Waals surface area contributed by atoms with Gasteiger partial charge in [0.2, 0.25) is 11.8 Å². The highest BCUT2D eigenvalue weighted by Crippen LogP contribution is 2.26. The van der Waals surface area contributed by atoms with E-state index in [0.717, 1.165) is 0 Å². The van der Waals surface area contributed by atoms with Crippen molar-refractivity contribution in [2.75, 3.05) is 25.0 Å². The Hall–Kier alpha value is -2.19. The molecule has 0 aromatic heterocycles. The predicted octanol–water partition coefficient (Wildman–Crippen LogP) is 2.42. The van der Waals surface area contributed by atoms with Gasteiger partial charge in [0.25, 0.3) is 5.69 Å². The Kier molecular flexibility index (Phi) is 7.32. The summed E-state index contributed by atoms with van der Waals surface area (Å²) in [6, 6.07) is 3.81. The first kappa shape index (κ1) is 20.9. The number of nitro groups is 1. The second-order valence-corrected chi connectivity index (χ2v) is 6.98. The Labute approximate surface area is 151 Å². The van der Waals surface area contributed by atoms with Crippen molar-refractivity contribution in [2.24, 2.45) is 0 Å². The number of benzene rings is 1. The summed E-state index contributed by atoms with van der Waals surface area (Å²) >= 11 is 5.96. The Morgan fingerprint density at radius 2 is 1.84 bits per heavy atom. The quantitative estimate of drug-likeness (QED) is 0.566. The first-order valence-electron chi connectivity index (χ1n) is 7.79. The highest BCUT2D eigenvalue weighted by Gasteiger charge is 2.18. The lowest BCUT2D eigenvalue weighted by atomic mass is 10.1. The highest BCUT2D eigenvalue weighted by molar-refractivity contribution is 6.33. The van der Waals surface area contributed by atoms with Crippen LogP contribution in [0.25, 0.3) is 0 Å². The number of hydrogen-bond donors (Lipinski definition) is 2. The number of carbonyl (C=O) groups excluding carboxylic acids is 2. The SMILES string of the molecule is CCN(CC(=O)Nc1cc([N+](=O)[O-])ccc1Cl)CC(=O)NC(C)(C)C. The Bertz CT molecular complexity index is 658. The van der Waals surface area contributed by atoms with Gasteiger partial charge >= 0.3 is 0 Å². The van der Waals surface area contributed by atoms with E-state index in [1.165, 1.54) is 18.2 Å². The van der Waals surface area contributed by atoms with Gasteiger partial charge in [-0.15, -0.1) is 0 Å². The van der Waals surface area contributed by atoms with Crippen LogP contribution in [-0.2, 0) is 9.59 Å². The van der Waals surface area contributed by atoms with E-state index in [1.807, 2.05) is 27.7 Å². The lowest BCUT2D eigenvalue weighted by Gasteiger charge is -2.24. The molecule has 0 aliphatic carbocycles. The van der Waals surface area contributed by atoms with E-state index in [0.29, 0.717) is 6.54 Å². The molecular weight excluding hydrogens is 348 g/mol. The fourth-order valence-electron chi connectivity index (χ4n) is 2.06. The van der Waals surface area contributed by atoms with Crippen LogP contribution in [0.4, 0.5) is 11.4 Å². The van der Waals surface area contributed by atoms with Gasteiger partial charge in [0, 0.05) is 17.7 Å². The molecule has 1 aromatic rings. The van der Waals surface area contributed by atoms with Gasteiger partial charge in [-0.3, -0.25) is 24.6 Å². The van der Waals surface area contributed by atoms with Crippen molar-refractivity contribution in [1.29, 1.82) is 0 Å². The van der Waals surface area contributed by atoms with Crippen molar-refractivity contribution < 1.29 is 14.5 Å². The van der Waals surface area contributed by atoms with Gasteiger partial charge in [-0.05, 0) is 33.4 Å². The molecular formula is C16H23ClN4O4. The summed E-state index contributed by atoms with van der Waals surface area (Å²) in [5, 5.41) is 16.4. The maximum Gasteiger partial charge on any atom is 0.271 e. The molecule has 0 radical (unpaired) electrons. The normalized spacial score (nSPS) is 11.3. The second kappa shape index (κ2) is 8.77. The van der Waals surface area contributed by atoms with E-state index in [1.54, 1.807) is 4.90 Å². The molecule has 0 aliphatic rings. The fraction of sp³-hybridized carbons (Fsp3) is 0.500. The van der Waals surface area contributed by atoms with E-state index < -0.39 is 10.8 Å². The lowest BCUT2D eigenvalue weighted by Crippen LogP contribution is -2.47. The molecule has 138 valence electrons. The molecule has 0 saturated heterocycles. The van der Waals surface area contributed by atoms with Gasteiger partial charge in [-0.2, -0.15) is 0 Å². The summed E-state index contributed by atoms with van der Waals surface area (Å²) in [7, 11) is 0. The largest absolute Gasteiger partial charge is 0.350 e. The number of nitrogens with one attached hydrogen (secondary N) is 2. The minimum absolute atomic E-state index is 0.0346. The molecule has 0 bridgehead atoms. The molecule has 0 saturated carbocycles. The van der Waals surface area contributed by atoms with Crippen LogP contribution < -0.4 is 10.6 Å². The van der Waals surface area contributed by atoms with Crippen LogP contribution in [0.1, 0.15) is 27.7 Å². The summed E-state index contributed by atoms with van der Waals surface area (Å²) < 4.78 is 0. The number of anilines is 1. The average molecular weight is 371 g/mol. The van der Waals surface area contributed by atoms with Crippen molar-refractivity contribution in [3.05, 3.63) is 33.3 Å². The van der Waals surface area contributed by atoms with Gasteiger partial charge < -0.3 is 10.6 Å². The Morgan fingerprint density at radius 3 is 2.36 bits per heavy atom. The minimum Gasteiger partial charge on any atom is -0.350 e. The second-order valence-electron chi connectivity index (χ2n) is 6.57. The number of amides is 2. The molecule has 9 heteroatoms. The summed E-state index contributed by atoms with van der Waals surface area (Å²) in [5.41, 5.74) is -0.359. The van der Waals surface area contributed by atoms with Gasteiger partial charge in [0.15, 0.2) is 0 Å². The summed E-state index contributed by atoms with van der Waals surface area (Å²) in [6.45, 7) is 7.98. The number of likely N-dealkylation sites (N-methyl/N-ethyl adjacent to an activating group) is 1. The topological polar surface area (TPSA) is 105 Å². The van der Waals surface area contributed by atoms with E-state index in [4.69, 9.17) is 11.6 Å². The van der Waals surface area contributed by atoms with Crippen LogP contribution in [-0.4, -0.2) is 46.8 Å². The van der Waals surface area contributed by atoms with E-state index in [-0.39, 0.29) is 40.9 Å². The standard InChI is InChI=1S/C16H23ClN4O4/c1-5-20(10-15(23)19-16(2,3)4)9-14(22)18-13-8-11(21(24)25)6-7-12(13)17/h6-8H,5,9-10H2,1-4H3,(H,18,22)(H,19,23). The fourth-order valence-corrected chi connectivity index (χ4v) is 2.22. The number of hydrogen-bond acceptors (Lipinski definition) is 5. The molecule has 0 heterocycles. The van der Waals surface area contributed by atoms with Crippen LogP contribution in [0, 0.1) is 10.1 Å². The molecule has 8 nitrogen and oxygen atoms in total. The molecule has 1 aromatic carbocycles. The van der Waals surface area contributed by atoms with Crippen molar-refractivity contribution >= 4 is 34.8 Å². The van der Waals surface area contributed by atoms with Crippen LogP contribution in [0.15, 0.2) is 18.2 Å². The predicted molar refractivity (Wildman–Crippen MR) is 96.7 cm³/mol. The summed E-state index contributed by atoms with van der Waals surface area (Å²) in [4.78, 5) is 36.0. The molecule has 25 heavy (non-hydrogen) atoms. The number of halogens is 1. The molecule has 0 fully saturated rings. The first-order chi connectivity index (χ1) is 11.5. The van der Waals surface area contributed by atoms with Gasteiger partial charge in [0.05, 0.1) is 28.7 Å². The number of carbonyl (C=O) groups is 2. The van der Waals surface area contributed by atoms with Crippen LogP contribution >= 0.6 is 11.6 Å². The maximum absolute atomic E-state index is 12.2. The third-order valence-corrected chi connectivity index (χ3v) is 3.46. The van der Waals surface area contributed by atoms with Gasteiger partial charge in [-0.1, -0.05) is 18.5 Å². The molecule has 0 aliphatic heterocycles. The Morgan fingerprint density at radius 1 is 1.24 bits per heavy atom. The Balaban J connectivity index is 2.69. The zero-order chi connectivity index (χ0) is 19.2. The third-order valence-electron chi connectivity index (χ3n) is 3.13. The first-order valence-corrected chi connectivity index (χ1v) is 8.16. The van der Waals surface area contributed by atoms with Crippen molar-refractivity contribution in [1.82, 2.24) is 10.2 Å². The number of nitro benzene ring substituents is 1. The third kappa shape index (κ3) is 7.49. The zero-order valence-electron chi connectivity index (χ0n) is 14.8. The number of rotatable bonds is 7. The molecule has 2 N–H and O–H groups in total. The van der Waals surface area contributed by atoms with Crippen LogP contribution in [0.3, 0.4) is 0 Å². The van der Waals surface area contributed by atoms with E-state index in [2.05, 4.69) is 10.6 Å². The smallest absolute Gasteiger partial charge is 0.271 e. The average Bonchev–Trinajstić information content (AvgIpc) is 2.46. The zero-order valence-corrected chi connectivity index (χ0v) is 15.5. The summed E-state index contributed by atoms with van der Waals surface area (Å²) in [5.74, 6) is -0.594. The monoisotopic (exact) mass is 370 g/mol. The molecule has 0 spiro atoms. The highest BCUT2D eigenvalue weighted by atomic mass is 35.5. The van der Waals surface area contributed by atoms with Crippen molar-refractivity contribution in [3.63, 3.8) is 0 Å². The van der Waals surface area contributed by atoms with E-state index in [9.17, 15) is 19.7 Å². The molecule has 1 rings (SSSR count). The minimum atomic E-state index is -0.568.